The van der Waals surface area contributed by atoms with Gasteiger partial charge in [0.15, 0.2) is 5.76 Å². The predicted octanol–water partition coefficient (Wildman–Crippen LogP) is 4.52. The minimum atomic E-state index is -0.483. The van der Waals surface area contributed by atoms with Gasteiger partial charge in [-0.05, 0) is 23.8 Å². The number of nitrogens with one attached hydrogen (secondary N) is 3. The van der Waals surface area contributed by atoms with Gasteiger partial charge in [0.05, 0.1) is 17.3 Å². The number of anilines is 1. The van der Waals surface area contributed by atoms with Crippen molar-refractivity contribution in [1.82, 2.24) is 9.97 Å². The van der Waals surface area contributed by atoms with Crippen molar-refractivity contribution in [2.75, 3.05) is 5.32 Å². The van der Waals surface area contributed by atoms with Crippen LogP contribution in [0.1, 0.15) is 10.6 Å². The van der Waals surface area contributed by atoms with Gasteiger partial charge in [-0.15, -0.1) is 0 Å². The number of amides is 1. The fourth-order valence-corrected chi connectivity index (χ4v) is 3.47. The lowest BCUT2D eigenvalue weighted by Gasteiger charge is -2.11. The van der Waals surface area contributed by atoms with Gasteiger partial charge >= 0.3 is 0 Å². The first-order valence-corrected chi connectivity index (χ1v) is 8.79. The second-order valence-electron chi connectivity index (χ2n) is 6.42. The van der Waals surface area contributed by atoms with E-state index in [-0.39, 0.29) is 17.0 Å². The van der Waals surface area contributed by atoms with Gasteiger partial charge in [-0.1, -0.05) is 48.5 Å². The highest BCUT2D eigenvalue weighted by atomic mass is 16.3. The average Bonchev–Trinajstić information content (AvgIpc) is 3.37. The first-order valence-electron chi connectivity index (χ1n) is 8.79. The molecular formula is C22H15N3O3. The lowest BCUT2D eigenvalue weighted by atomic mass is 10.0. The Bertz CT molecular complexity index is 1360. The summed E-state index contributed by atoms with van der Waals surface area (Å²) in [6.07, 6.45) is 1.41. The normalized spacial score (nSPS) is 11.1. The molecule has 0 radical (unpaired) electrons. The fraction of sp³-hybridized carbons (Fsp3) is 0. The van der Waals surface area contributed by atoms with E-state index in [1.54, 1.807) is 12.1 Å². The van der Waals surface area contributed by atoms with Crippen molar-refractivity contribution in [3.05, 3.63) is 89.1 Å². The van der Waals surface area contributed by atoms with Crippen LogP contribution in [-0.4, -0.2) is 15.9 Å². The lowest BCUT2D eigenvalue weighted by molar-refractivity contribution is 0.0996. The molecule has 3 N–H and O–H groups in total. The van der Waals surface area contributed by atoms with Crippen molar-refractivity contribution in [3.63, 3.8) is 0 Å². The van der Waals surface area contributed by atoms with Crippen LogP contribution in [0, 0.1) is 0 Å². The summed E-state index contributed by atoms with van der Waals surface area (Å²) in [5.74, 6) is -0.349. The Morgan fingerprint density at radius 3 is 2.43 bits per heavy atom. The zero-order chi connectivity index (χ0) is 19.1. The number of hydrogen-bond donors (Lipinski definition) is 3. The van der Waals surface area contributed by atoms with Crippen molar-refractivity contribution in [2.24, 2.45) is 0 Å². The third kappa shape index (κ3) is 2.51. The number of rotatable bonds is 3. The Labute approximate surface area is 158 Å². The zero-order valence-electron chi connectivity index (χ0n) is 14.7. The van der Waals surface area contributed by atoms with E-state index in [9.17, 15) is 9.59 Å². The molecule has 3 heterocycles. The first-order chi connectivity index (χ1) is 13.7. The number of carbonyl (C=O) groups is 1. The Balaban J connectivity index is 1.81. The number of benzene rings is 2. The molecule has 28 heavy (non-hydrogen) atoms. The van der Waals surface area contributed by atoms with Gasteiger partial charge in [-0.3, -0.25) is 9.59 Å². The van der Waals surface area contributed by atoms with Crippen molar-refractivity contribution in [1.29, 1.82) is 0 Å². The summed E-state index contributed by atoms with van der Waals surface area (Å²) in [6.45, 7) is 0. The van der Waals surface area contributed by atoms with Crippen LogP contribution in [-0.2, 0) is 0 Å². The van der Waals surface area contributed by atoms with Crippen LogP contribution in [0.4, 0.5) is 5.69 Å². The first kappa shape index (κ1) is 16.1. The van der Waals surface area contributed by atoms with Crippen LogP contribution in [0.5, 0.6) is 0 Å². The molecule has 0 aliphatic heterocycles. The number of pyridine rings is 1. The van der Waals surface area contributed by atoms with Gasteiger partial charge in [-0.2, -0.15) is 0 Å². The van der Waals surface area contributed by atoms with E-state index in [1.165, 1.54) is 6.26 Å². The van der Waals surface area contributed by atoms with Gasteiger partial charge in [0.25, 0.3) is 11.5 Å². The predicted molar refractivity (Wildman–Crippen MR) is 109 cm³/mol. The summed E-state index contributed by atoms with van der Waals surface area (Å²) >= 11 is 0. The van der Waals surface area contributed by atoms with Crippen LogP contribution in [0.3, 0.4) is 0 Å². The van der Waals surface area contributed by atoms with Gasteiger partial charge in [0, 0.05) is 16.5 Å². The molecule has 0 aliphatic carbocycles. The highest BCUT2D eigenvalue weighted by Crippen LogP contribution is 2.35. The van der Waals surface area contributed by atoms with Crippen molar-refractivity contribution in [3.8, 4) is 11.1 Å². The minimum Gasteiger partial charge on any atom is -0.459 e. The van der Waals surface area contributed by atoms with E-state index >= 15 is 0 Å². The highest BCUT2D eigenvalue weighted by molar-refractivity contribution is 6.14. The summed E-state index contributed by atoms with van der Waals surface area (Å²) in [5, 5.41) is 3.63. The number of aromatic nitrogens is 2. The maximum Gasteiger partial charge on any atom is 0.291 e. The van der Waals surface area contributed by atoms with Crippen LogP contribution in [0.2, 0.25) is 0 Å². The Morgan fingerprint density at radius 2 is 1.64 bits per heavy atom. The molecule has 6 heteroatoms. The number of fused-ring (bicyclic) bond motifs is 3. The molecule has 5 aromatic rings. The Kier molecular flexibility index (Phi) is 3.62. The molecule has 0 atom stereocenters. The van der Waals surface area contributed by atoms with Gasteiger partial charge in [0.2, 0.25) is 0 Å². The fourth-order valence-electron chi connectivity index (χ4n) is 3.47. The average molecular weight is 369 g/mol. The summed E-state index contributed by atoms with van der Waals surface area (Å²) in [6, 6.07) is 20.4. The molecule has 5 rings (SSSR count). The monoisotopic (exact) mass is 369 g/mol. The molecule has 0 bridgehead atoms. The molecule has 1 amide bonds. The van der Waals surface area contributed by atoms with Gasteiger partial charge in [0.1, 0.15) is 5.69 Å². The quantitative estimate of drug-likeness (QED) is 0.437. The molecule has 2 aromatic carbocycles. The summed E-state index contributed by atoms with van der Waals surface area (Å²) < 4.78 is 5.16. The molecular weight excluding hydrogens is 354 g/mol. The van der Waals surface area contributed by atoms with E-state index in [0.717, 1.165) is 22.0 Å². The van der Waals surface area contributed by atoms with E-state index in [4.69, 9.17) is 4.42 Å². The van der Waals surface area contributed by atoms with Gasteiger partial charge in [-0.25, -0.2) is 0 Å². The minimum absolute atomic E-state index is 0.134. The van der Waals surface area contributed by atoms with Crippen molar-refractivity contribution < 1.29 is 9.21 Å². The maximum atomic E-state index is 13.0. The number of hydrogen-bond acceptors (Lipinski definition) is 3. The standard InChI is InChI=1S/C22H15N3O3/c26-21(16-11-6-12-28-16)25-20-17(13-7-2-1-3-8-13)19-18(24-22(20)27)14-9-4-5-10-15(14)23-19/h1-12,23H,(H,24,27)(H,25,26). The molecule has 3 aromatic heterocycles. The maximum absolute atomic E-state index is 13.0. The van der Waals surface area contributed by atoms with Crippen molar-refractivity contribution in [2.45, 2.75) is 0 Å². The summed E-state index contributed by atoms with van der Waals surface area (Å²) in [7, 11) is 0. The van der Waals surface area contributed by atoms with Crippen molar-refractivity contribution >= 4 is 33.5 Å². The van der Waals surface area contributed by atoms with E-state index < -0.39 is 5.91 Å². The molecule has 0 aliphatic rings. The molecule has 0 fully saturated rings. The lowest BCUT2D eigenvalue weighted by Crippen LogP contribution is -2.20. The second-order valence-corrected chi connectivity index (χ2v) is 6.42. The largest absolute Gasteiger partial charge is 0.459 e. The molecule has 0 saturated heterocycles. The van der Waals surface area contributed by atoms with Crippen LogP contribution in [0.25, 0.3) is 33.1 Å². The number of aromatic amines is 2. The smallest absolute Gasteiger partial charge is 0.291 e. The Hall–Kier alpha value is -4.06. The molecule has 6 nitrogen and oxygen atoms in total. The molecule has 0 unspecified atom stereocenters. The van der Waals surface area contributed by atoms with Crippen LogP contribution >= 0.6 is 0 Å². The summed E-state index contributed by atoms with van der Waals surface area (Å²) in [4.78, 5) is 31.8. The van der Waals surface area contributed by atoms with E-state index in [2.05, 4.69) is 15.3 Å². The number of H-pyrrole nitrogens is 2. The van der Waals surface area contributed by atoms with E-state index in [0.29, 0.717) is 11.1 Å². The molecule has 136 valence electrons. The van der Waals surface area contributed by atoms with E-state index in [1.807, 2.05) is 54.6 Å². The number of carbonyl (C=O) groups excluding carboxylic acids is 1. The molecule has 0 spiro atoms. The summed E-state index contributed by atoms with van der Waals surface area (Å²) in [5.41, 5.74) is 3.61. The highest BCUT2D eigenvalue weighted by Gasteiger charge is 2.20. The van der Waals surface area contributed by atoms with Crippen LogP contribution < -0.4 is 10.9 Å². The SMILES string of the molecule is O=C(Nc1c(-c2ccccc2)c2[nH]c3ccccc3c2[nH]c1=O)c1ccco1. The Morgan fingerprint density at radius 1 is 0.857 bits per heavy atom. The molecule has 0 saturated carbocycles. The zero-order valence-corrected chi connectivity index (χ0v) is 14.7. The number of para-hydroxylation sites is 1. The van der Waals surface area contributed by atoms with Crippen LogP contribution in [0.15, 0.2) is 82.2 Å². The number of furan rings is 1. The third-order valence-corrected chi connectivity index (χ3v) is 4.72. The third-order valence-electron chi connectivity index (χ3n) is 4.72. The second kappa shape index (κ2) is 6.28. The van der Waals surface area contributed by atoms with Gasteiger partial charge < -0.3 is 19.7 Å². The topological polar surface area (TPSA) is 90.9 Å².